The maximum absolute atomic E-state index is 11.0. The average molecular weight is 517 g/mol. The fourth-order valence-electron chi connectivity index (χ4n) is 4.31. The third-order valence-corrected chi connectivity index (χ3v) is 6.49. The molecule has 3 aromatic rings. The van der Waals surface area contributed by atoms with E-state index in [9.17, 15) is 15.0 Å². The molecule has 36 heavy (non-hydrogen) atoms. The first-order chi connectivity index (χ1) is 17.2. The zero-order valence-corrected chi connectivity index (χ0v) is 20.9. The lowest BCUT2D eigenvalue weighted by atomic mass is 10.0. The van der Waals surface area contributed by atoms with Crippen LogP contribution in [-0.4, -0.2) is 57.2 Å². The second-order valence-corrected chi connectivity index (χ2v) is 9.36. The highest BCUT2D eigenvalue weighted by Crippen LogP contribution is 2.37. The highest BCUT2D eigenvalue weighted by atomic mass is 35.5. The van der Waals surface area contributed by atoms with Gasteiger partial charge < -0.3 is 29.9 Å². The number of aryl methyl sites for hydroxylation is 1. The molecule has 0 saturated heterocycles. The van der Waals surface area contributed by atoms with Gasteiger partial charge in [0.2, 0.25) is 17.6 Å². The normalized spacial score (nSPS) is 15.6. The van der Waals surface area contributed by atoms with Crippen LogP contribution in [0, 0.1) is 6.92 Å². The maximum Gasteiger partial charge on any atom is 0.258 e. The Bertz CT molecular complexity index is 1200. The Labute approximate surface area is 213 Å². The van der Waals surface area contributed by atoms with Gasteiger partial charge in [-0.05, 0) is 43.5 Å². The molecule has 1 amide bonds. The predicted octanol–water partition coefficient (Wildman–Crippen LogP) is 3.40. The van der Waals surface area contributed by atoms with Gasteiger partial charge in [0.1, 0.15) is 18.5 Å². The summed E-state index contributed by atoms with van der Waals surface area (Å²) in [4.78, 5) is 20.1. The van der Waals surface area contributed by atoms with Gasteiger partial charge in [0.05, 0.1) is 18.2 Å². The van der Waals surface area contributed by atoms with Crippen LogP contribution in [0.2, 0.25) is 5.02 Å². The van der Waals surface area contributed by atoms with E-state index in [1.165, 1.54) is 12.8 Å². The van der Waals surface area contributed by atoms with Gasteiger partial charge in [-0.2, -0.15) is 4.98 Å². The van der Waals surface area contributed by atoms with E-state index in [0.29, 0.717) is 40.4 Å². The monoisotopic (exact) mass is 516 g/mol. The van der Waals surface area contributed by atoms with Crippen molar-refractivity contribution < 1.29 is 29.0 Å². The molecule has 0 bridgehead atoms. The number of halogens is 1. The minimum absolute atomic E-state index is 0.177. The first-order valence-corrected chi connectivity index (χ1v) is 12.1. The molecule has 11 heteroatoms. The van der Waals surface area contributed by atoms with Crippen molar-refractivity contribution in [2.75, 3.05) is 13.7 Å². The van der Waals surface area contributed by atoms with E-state index in [-0.39, 0.29) is 18.1 Å². The van der Waals surface area contributed by atoms with Crippen molar-refractivity contribution in [3.05, 3.63) is 40.5 Å². The fourth-order valence-corrected chi connectivity index (χ4v) is 4.63. The van der Waals surface area contributed by atoms with Crippen LogP contribution in [-0.2, 0) is 4.79 Å². The molecule has 1 saturated carbocycles. The molecule has 192 valence electrons. The molecule has 0 radical (unpaired) electrons. The van der Waals surface area contributed by atoms with Gasteiger partial charge >= 0.3 is 0 Å². The second-order valence-electron chi connectivity index (χ2n) is 8.95. The Kier molecular flexibility index (Phi) is 8.07. The first-order valence-electron chi connectivity index (χ1n) is 11.7. The molecule has 1 aliphatic carbocycles. The third-order valence-electron chi connectivity index (χ3n) is 6.21. The Morgan fingerprint density at radius 2 is 1.94 bits per heavy atom. The van der Waals surface area contributed by atoms with Crippen LogP contribution < -0.4 is 15.2 Å². The van der Waals surface area contributed by atoms with Gasteiger partial charge in [0.15, 0.2) is 0 Å². The van der Waals surface area contributed by atoms with Crippen LogP contribution in [0.3, 0.4) is 0 Å². The van der Waals surface area contributed by atoms with Gasteiger partial charge in [-0.3, -0.25) is 4.79 Å². The van der Waals surface area contributed by atoms with Crippen molar-refractivity contribution in [2.24, 2.45) is 5.73 Å². The molecule has 1 fully saturated rings. The highest BCUT2D eigenvalue weighted by molar-refractivity contribution is 6.32. The Morgan fingerprint density at radius 3 is 2.61 bits per heavy atom. The zero-order valence-electron chi connectivity index (χ0n) is 20.1. The van der Waals surface area contributed by atoms with Crippen molar-refractivity contribution in [1.82, 2.24) is 15.1 Å². The van der Waals surface area contributed by atoms with E-state index in [1.807, 2.05) is 6.07 Å². The number of carbonyl (C=O) groups is 1. The lowest BCUT2D eigenvalue weighted by molar-refractivity contribution is -0.127. The number of hydrogen-bond donors (Lipinski definition) is 3. The molecule has 10 nitrogen and oxygen atoms in total. The standard InChI is InChI=1S/C25H29ClN4O6/c1-13-7-15(8-18(26)22(13)35-12-17(31)11-20(32)23(27)33)24-29-25(36-30-24)16-9-19(14-5-3-4-6-14)28-21(10-16)34-2/h7-10,14,17,20,31-32H,3-6,11-12H2,1-2H3,(H2,27,33)/t17-,20?/m0/s1. The van der Waals surface area contributed by atoms with E-state index in [4.69, 9.17) is 31.3 Å². The molecular weight excluding hydrogens is 488 g/mol. The van der Waals surface area contributed by atoms with E-state index < -0.39 is 18.1 Å². The largest absolute Gasteiger partial charge is 0.489 e. The van der Waals surface area contributed by atoms with Gasteiger partial charge in [-0.15, -0.1) is 0 Å². The van der Waals surface area contributed by atoms with E-state index >= 15 is 0 Å². The SMILES string of the molecule is COc1cc(-c2nc(-c3cc(C)c(OC[C@@H](O)CC(O)C(N)=O)c(Cl)c3)no2)cc(C2CCCC2)n1. The van der Waals surface area contributed by atoms with Gasteiger partial charge in [0.25, 0.3) is 5.89 Å². The van der Waals surface area contributed by atoms with Crippen molar-refractivity contribution in [3.8, 4) is 34.5 Å². The van der Waals surface area contributed by atoms with Crippen LogP contribution in [0.1, 0.15) is 49.3 Å². The number of amides is 1. The molecule has 1 aliphatic rings. The topological polar surface area (TPSA) is 154 Å². The number of carbonyl (C=O) groups excluding carboxylic acids is 1. The number of methoxy groups -OCH3 is 1. The smallest absolute Gasteiger partial charge is 0.258 e. The summed E-state index contributed by atoms with van der Waals surface area (Å²) in [6, 6.07) is 7.18. The van der Waals surface area contributed by atoms with E-state index in [1.54, 1.807) is 32.2 Å². The number of hydrogen-bond acceptors (Lipinski definition) is 9. The van der Waals surface area contributed by atoms with Gasteiger partial charge in [-0.25, -0.2) is 4.98 Å². The van der Waals surface area contributed by atoms with Crippen LogP contribution in [0.15, 0.2) is 28.8 Å². The number of pyridine rings is 1. The molecule has 0 aliphatic heterocycles. The lowest BCUT2D eigenvalue weighted by Gasteiger charge is -2.16. The lowest BCUT2D eigenvalue weighted by Crippen LogP contribution is -2.33. The number of nitrogens with two attached hydrogens (primary N) is 1. The fraction of sp³-hybridized carbons (Fsp3) is 0.440. The van der Waals surface area contributed by atoms with Crippen LogP contribution >= 0.6 is 11.6 Å². The highest BCUT2D eigenvalue weighted by Gasteiger charge is 2.22. The molecule has 2 heterocycles. The minimum atomic E-state index is -1.45. The Balaban J connectivity index is 1.52. The molecular formula is C25H29ClN4O6. The first kappa shape index (κ1) is 25.9. The van der Waals surface area contributed by atoms with E-state index in [0.717, 1.165) is 24.1 Å². The summed E-state index contributed by atoms with van der Waals surface area (Å²) in [5.41, 5.74) is 8.02. The van der Waals surface area contributed by atoms with Crippen LogP contribution in [0.5, 0.6) is 11.6 Å². The van der Waals surface area contributed by atoms with Crippen LogP contribution in [0.4, 0.5) is 0 Å². The summed E-state index contributed by atoms with van der Waals surface area (Å²) in [6.45, 7) is 1.61. The summed E-state index contributed by atoms with van der Waals surface area (Å²) in [6.07, 6.45) is 1.79. The van der Waals surface area contributed by atoms with Crippen LogP contribution in [0.25, 0.3) is 22.8 Å². The van der Waals surface area contributed by atoms with Crippen molar-refractivity contribution >= 4 is 17.5 Å². The molecule has 4 N–H and O–H groups in total. The number of rotatable bonds is 10. The Morgan fingerprint density at radius 1 is 1.19 bits per heavy atom. The second kappa shape index (κ2) is 11.2. The molecule has 0 spiro atoms. The molecule has 4 rings (SSSR count). The summed E-state index contributed by atoms with van der Waals surface area (Å²) in [5.74, 6) is 1.04. The number of aliphatic hydroxyl groups excluding tert-OH is 2. The van der Waals surface area contributed by atoms with Gasteiger partial charge in [-0.1, -0.05) is 29.6 Å². The quantitative estimate of drug-likeness (QED) is 0.367. The van der Waals surface area contributed by atoms with Crippen molar-refractivity contribution in [1.29, 1.82) is 0 Å². The molecule has 2 atom stereocenters. The number of aromatic nitrogens is 3. The zero-order chi connectivity index (χ0) is 25.8. The summed E-state index contributed by atoms with van der Waals surface area (Å²) in [7, 11) is 1.58. The predicted molar refractivity (Wildman–Crippen MR) is 132 cm³/mol. The molecule has 1 unspecified atom stereocenters. The van der Waals surface area contributed by atoms with Crippen molar-refractivity contribution in [2.45, 2.75) is 57.2 Å². The van der Waals surface area contributed by atoms with Crippen molar-refractivity contribution in [3.63, 3.8) is 0 Å². The summed E-state index contributed by atoms with van der Waals surface area (Å²) < 4.78 is 16.6. The minimum Gasteiger partial charge on any atom is -0.489 e. The third kappa shape index (κ3) is 5.95. The number of primary amides is 1. The molecule has 1 aromatic carbocycles. The van der Waals surface area contributed by atoms with Gasteiger partial charge in [0, 0.05) is 35.2 Å². The number of aliphatic hydroxyl groups is 2. The number of ether oxygens (including phenoxy) is 2. The molecule has 2 aromatic heterocycles. The number of nitrogens with zero attached hydrogens (tertiary/aromatic N) is 3. The maximum atomic E-state index is 11.0. The number of benzene rings is 1. The summed E-state index contributed by atoms with van der Waals surface area (Å²) in [5, 5.41) is 23.9. The Hall–Kier alpha value is -3.21. The summed E-state index contributed by atoms with van der Waals surface area (Å²) >= 11 is 6.44. The average Bonchev–Trinajstić information content (AvgIpc) is 3.56. The van der Waals surface area contributed by atoms with E-state index in [2.05, 4.69) is 15.1 Å².